The van der Waals surface area contributed by atoms with Gasteiger partial charge in [-0.2, -0.15) is 0 Å². The molecule has 0 radical (unpaired) electrons. The van der Waals surface area contributed by atoms with Crippen LogP contribution in [-0.4, -0.2) is 21.0 Å². The average Bonchev–Trinajstić information content (AvgIpc) is 3.96. The predicted octanol–water partition coefficient (Wildman–Crippen LogP) is 12.9. The van der Waals surface area contributed by atoms with Gasteiger partial charge in [0, 0.05) is 55.7 Å². The van der Waals surface area contributed by atoms with Crippen LogP contribution >= 0.6 is 0 Å². The first-order valence-electron chi connectivity index (χ1n) is 19.3. The molecule has 0 saturated heterocycles. The van der Waals surface area contributed by atoms with E-state index < -0.39 is 0 Å². The summed E-state index contributed by atoms with van der Waals surface area (Å²) in [6.07, 6.45) is 4.43. The van der Waals surface area contributed by atoms with Crippen LogP contribution in [0.25, 0.3) is 84.3 Å². The molecule has 3 aromatic heterocycles. The van der Waals surface area contributed by atoms with Gasteiger partial charge < -0.3 is 13.7 Å². The molecule has 0 amide bonds. The Bertz CT molecular complexity index is 3200. The highest BCUT2D eigenvalue weighted by atomic mass is 16.3. The standard InChI is InChI=1S/C51H32N4O2/c1-3-12-31(13-4-1)32-22-24-33(25-23-32)49-52-50(54-51(53-49)39-18-11-21-43-46(39)37-17-8-10-20-42(37)56-43)34-26-27-38-45(30-34)57-44-29-28-41-47(48(38)44)36-16-7-9-19-40(36)55(41)35-14-5-2-6-15-35/h1-30,41,47H. The van der Waals surface area contributed by atoms with Crippen molar-refractivity contribution in [2.24, 2.45) is 0 Å². The second kappa shape index (κ2) is 12.5. The van der Waals surface area contributed by atoms with Gasteiger partial charge in [0.15, 0.2) is 17.5 Å². The van der Waals surface area contributed by atoms with Crippen molar-refractivity contribution in [3.63, 3.8) is 0 Å². The van der Waals surface area contributed by atoms with E-state index in [1.807, 2.05) is 36.4 Å². The maximum Gasteiger partial charge on any atom is 0.164 e. The Morgan fingerprint density at radius 1 is 0.474 bits per heavy atom. The molecule has 4 heterocycles. The summed E-state index contributed by atoms with van der Waals surface area (Å²) in [5.41, 5.74) is 12.3. The molecule has 2 unspecified atom stereocenters. The molecule has 2 atom stereocenters. The largest absolute Gasteiger partial charge is 0.456 e. The van der Waals surface area contributed by atoms with E-state index in [2.05, 4.69) is 151 Å². The van der Waals surface area contributed by atoms with Gasteiger partial charge in [0.1, 0.15) is 22.5 Å². The molecule has 6 nitrogen and oxygen atoms in total. The quantitative estimate of drug-likeness (QED) is 0.175. The van der Waals surface area contributed by atoms with Crippen LogP contribution in [0.5, 0.6) is 0 Å². The smallest absolute Gasteiger partial charge is 0.164 e. The second-order valence-electron chi connectivity index (χ2n) is 14.7. The molecule has 12 rings (SSSR count). The van der Waals surface area contributed by atoms with Gasteiger partial charge >= 0.3 is 0 Å². The highest BCUT2D eigenvalue weighted by Crippen LogP contribution is 2.53. The number of aromatic nitrogens is 3. The third kappa shape index (κ3) is 5.00. The SMILES string of the molecule is C1=CC2C(c3ccccc3N2c2ccccc2)c2c1oc1cc(-c3nc(-c4ccc(-c5ccccc5)cc4)nc(-c4cccc5oc6ccccc6c45)n3)ccc21. The summed E-state index contributed by atoms with van der Waals surface area (Å²) in [6.45, 7) is 0. The van der Waals surface area contributed by atoms with Gasteiger partial charge in [0.25, 0.3) is 0 Å². The number of hydrogen-bond acceptors (Lipinski definition) is 6. The van der Waals surface area contributed by atoms with E-state index in [4.69, 9.17) is 23.8 Å². The van der Waals surface area contributed by atoms with E-state index in [9.17, 15) is 0 Å². The summed E-state index contributed by atoms with van der Waals surface area (Å²) >= 11 is 0. The van der Waals surface area contributed by atoms with Crippen LogP contribution in [-0.2, 0) is 0 Å². The minimum Gasteiger partial charge on any atom is -0.456 e. The lowest BCUT2D eigenvalue weighted by Gasteiger charge is -2.30. The van der Waals surface area contributed by atoms with Crippen molar-refractivity contribution in [2.45, 2.75) is 12.0 Å². The number of fused-ring (bicyclic) bond motifs is 10. The Hall–Kier alpha value is -7.57. The summed E-state index contributed by atoms with van der Waals surface area (Å²) in [5.74, 6) is 2.74. The van der Waals surface area contributed by atoms with Crippen LogP contribution in [0, 0.1) is 0 Å². The fraction of sp³-hybridized carbons (Fsp3) is 0.0392. The summed E-state index contributed by atoms with van der Waals surface area (Å²) in [7, 11) is 0. The number of furan rings is 2. The molecule has 0 saturated carbocycles. The highest BCUT2D eigenvalue weighted by Gasteiger charge is 2.43. The molecule has 0 spiro atoms. The zero-order valence-electron chi connectivity index (χ0n) is 30.6. The highest BCUT2D eigenvalue weighted by molar-refractivity contribution is 6.11. The zero-order chi connectivity index (χ0) is 37.5. The van der Waals surface area contributed by atoms with Crippen LogP contribution in [0.1, 0.15) is 22.8 Å². The number of nitrogens with zero attached hydrogens (tertiary/aromatic N) is 4. The minimum absolute atomic E-state index is 0.119. The Morgan fingerprint density at radius 2 is 1.14 bits per heavy atom. The third-order valence-electron chi connectivity index (χ3n) is 11.5. The lowest BCUT2D eigenvalue weighted by Crippen LogP contribution is -2.30. The van der Waals surface area contributed by atoms with Gasteiger partial charge in [-0.05, 0) is 59.2 Å². The maximum absolute atomic E-state index is 6.71. The van der Waals surface area contributed by atoms with Crippen molar-refractivity contribution in [3.8, 4) is 45.3 Å². The van der Waals surface area contributed by atoms with E-state index >= 15 is 0 Å². The van der Waals surface area contributed by atoms with E-state index in [1.165, 1.54) is 22.5 Å². The van der Waals surface area contributed by atoms with Crippen LogP contribution in [0.2, 0.25) is 0 Å². The summed E-state index contributed by atoms with van der Waals surface area (Å²) in [6, 6.07) is 58.9. The third-order valence-corrected chi connectivity index (χ3v) is 11.5. The molecule has 1 aliphatic heterocycles. The molecular formula is C51H32N4O2. The molecule has 2 aliphatic rings. The molecule has 1 aliphatic carbocycles. The van der Waals surface area contributed by atoms with E-state index in [-0.39, 0.29) is 12.0 Å². The lowest BCUT2D eigenvalue weighted by atomic mass is 9.82. The zero-order valence-corrected chi connectivity index (χ0v) is 30.6. The van der Waals surface area contributed by atoms with Crippen LogP contribution in [0.4, 0.5) is 11.4 Å². The Balaban J connectivity index is 1.01. The monoisotopic (exact) mass is 732 g/mol. The molecule has 0 N–H and O–H groups in total. The first kappa shape index (κ1) is 31.7. The second-order valence-corrected chi connectivity index (χ2v) is 14.7. The predicted molar refractivity (Wildman–Crippen MR) is 228 cm³/mol. The molecule has 57 heavy (non-hydrogen) atoms. The first-order chi connectivity index (χ1) is 28.2. The average molecular weight is 733 g/mol. The molecule has 0 bridgehead atoms. The van der Waals surface area contributed by atoms with Crippen molar-refractivity contribution < 1.29 is 8.83 Å². The normalized spacial score (nSPS) is 15.6. The van der Waals surface area contributed by atoms with Crippen LogP contribution < -0.4 is 4.90 Å². The number of rotatable bonds is 5. The summed E-state index contributed by atoms with van der Waals surface area (Å²) < 4.78 is 13.0. The van der Waals surface area contributed by atoms with E-state index in [0.29, 0.717) is 17.5 Å². The van der Waals surface area contributed by atoms with Gasteiger partial charge in [0.2, 0.25) is 0 Å². The minimum atomic E-state index is 0.119. The van der Waals surface area contributed by atoms with E-state index in [0.717, 1.165) is 66.5 Å². The first-order valence-corrected chi connectivity index (χ1v) is 19.3. The molecular weight excluding hydrogens is 701 g/mol. The molecule has 268 valence electrons. The van der Waals surface area contributed by atoms with Crippen molar-refractivity contribution in [3.05, 3.63) is 193 Å². The Morgan fingerprint density at radius 3 is 2.00 bits per heavy atom. The van der Waals surface area contributed by atoms with E-state index in [1.54, 1.807) is 0 Å². The lowest BCUT2D eigenvalue weighted by molar-refractivity contribution is 0.584. The fourth-order valence-corrected chi connectivity index (χ4v) is 8.95. The van der Waals surface area contributed by atoms with Crippen molar-refractivity contribution >= 4 is 50.4 Å². The number of benzene rings is 7. The van der Waals surface area contributed by atoms with Crippen LogP contribution in [0.3, 0.4) is 0 Å². The van der Waals surface area contributed by atoms with Crippen molar-refractivity contribution in [2.75, 3.05) is 4.90 Å². The molecule has 10 aromatic rings. The van der Waals surface area contributed by atoms with Crippen molar-refractivity contribution in [1.82, 2.24) is 15.0 Å². The topological polar surface area (TPSA) is 68.2 Å². The molecule has 7 aromatic carbocycles. The van der Waals surface area contributed by atoms with Gasteiger partial charge in [-0.1, -0.05) is 140 Å². The van der Waals surface area contributed by atoms with Gasteiger partial charge in [-0.25, -0.2) is 15.0 Å². The number of hydrogen-bond donors (Lipinski definition) is 0. The van der Waals surface area contributed by atoms with Gasteiger partial charge in [-0.3, -0.25) is 0 Å². The van der Waals surface area contributed by atoms with Crippen LogP contribution in [0.15, 0.2) is 185 Å². The number of anilines is 2. The molecule has 0 fully saturated rings. The maximum atomic E-state index is 6.71. The summed E-state index contributed by atoms with van der Waals surface area (Å²) in [4.78, 5) is 17.9. The number of para-hydroxylation sites is 3. The molecule has 6 heteroatoms. The Labute approximate surface area is 328 Å². The Kier molecular flexibility index (Phi) is 6.95. The van der Waals surface area contributed by atoms with Gasteiger partial charge in [0.05, 0.1) is 6.04 Å². The fourth-order valence-electron chi connectivity index (χ4n) is 8.95. The van der Waals surface area contributed by atoms with Gasteiger partial charge in [-0.15, -0.1) is 0 Å². The van der Waals surface area contributed by atoms with Crippen molar-refractivity contribution in [1.29, 1.82) is 0 Å². The summed E-state index contributed by atoms with van der Waals surface area (Å²) in [5, 5.41) is 3.10.